The molecule has 1 aromatic carbocycles. The highest BCUT2D eigenvalue weighted by Gasteiger charge is 2.50. The normalized spacial score (nSPS) is 26.7. The van der Waals surface area contributed by atoms with Crippen LogP contribution in [0.15, 0.2) is 30.3 Å². The molecule has 6 nitrogen and oxygen atoms in total. The second kappa shape index (κ2) is 6.36. The number of hydrogen-bond acceptors (Lipinski definition) is 5. The Morgan fingerprint density at radius 3 is 2.68 bits per heavy atom. The maximum atomic E-state index is 12.0. The van der Waals surface area contributed by atoms with E-state index in [4.69, 9.17) is 9.47 Å². The lowest BCUT2D eigenvalue weighted by atomic mass is 10.0. The van der Waals surface area contributed by atoms with Crippen LogP contribution < -0.4 is 5.32 Å². The van der Waals surface area contributed by atoms with Gasteiger partial charge >= 0.3 is 12.1 Å². The molecule has 3 rings (SSSR count). The van der Waals surface area contributed by atoms with Crippen LogP contribution in [0.3, 0.4) is 0 Å². The van der Waals surface area contributed by atoms with Crippen LogP contribution >= 0.6 is 0 Å². The molecule has 1 aromatic rings. The van der Waals surface area contributed by atoms with Crippen LogP contribution in [0.2, 0.25) is 0 Å². The predicted octanol–water partition coefficient (Wildman–Crippen LogP) is 1.30. The summed E-state index contributed by atoms with van der Waals surface area (Å²) < 4.78 is 10.0. The number of nitrogens with one attached hydrogen (secondary N) is 1. The number of piperidine rings is 1. The lowest BCUT2D eigenvalue weighted by Crippen LogP contribution is -2.51. The van der Waals surface area contributed by atoms with E-state index in [0.717, 1.165) is 24.9 Å². The summed E-state index contributed by atoms with van der Waals surface area (Å²) in [5, 5.41) is 2.66. The standard InChI is InChI=1S/C16H20N2O4/c1-21-15(19)14(13-8-7-12-9-18(12)13)17-16(20)22-10-11-5-3-2-4-6-11/h2-6,12-14H,7-10H2,1H3,(H,17,20)/t12-,13-,14?,18?/m1/s1. The molecule has 2 unspecified atom stereocenters. The summed E-state index contributed by atoms with van der Waals surface area (Å²) >= 11 is 0. The maximum Gasteiger partial charge on any atom is 0.408 e. The second-order valence-corrected chi connectivity index (χ2v) is 5.70. The molecule has 2 aliphatic rings. The molecular weight excluding hydrogens is 284 g/mol. The average molecular weight is 304 g/mol. The van der Waals surface area contributed by atoms with Gasteiger partial charge in [-0.25, -0.2) is 9.59 Å². The summed E-state index contributed by atoms with van der Waals surface area (Å²) in [5.41, 5.74) is 0.902. The second-order valence-electron chi connectivity index (χ2n) is 5.70. The van der Waals surface area contributed by atoms with E-state index in [1.807, 2.05) is 30.3 Å². The molecule has 2 fully saturated rings. The van der Waals surface area contributed by atoms with Gasteiger partial charge in [0.1, 0.15) is 12.6 Å². The minimum atomic E-state index is -0.666. The van der Waals surface area contributed by atoms with Crippen LogP contribution in [-0.4, -0.2) is 48.7 Å². The zero-order valence-corrected chi connectivity index (χ0v) is 12.5. The van der Waals surface area contributed by atoms with Crippen LogP contribution in [0.1, 0.15) is 18.4 Å². The van der Waals surface area contributed by atoms with E-state index in [-0.39, 0.29) is 12.6 Å². The summed E-state index contributed by atoms with van der Waals surface area (Å²) in [6.07, 6.45) is 1.37. The highest BCUT2D eigenvalue weighted by Crippen LogP contribution is 2.37. The van der Waals surface area contributed by atoms with Gasteiger partial charge < -0.3 is 14.8 Å². The summed E-state index contributed by atoms with van der Waals surface area (Å²) in [5.74, 6) is -0.422. The van der Waals surface area contributed by atoms with Crippen LogP contribution in [-0.2, 0) is 20.9 Å². The highest BCUT2D eigenvalue weighted by molar-refractivity contribution is 5.82. The Balaban J connectivity index is 1.55. The third kappa shape index (κ3) is 3.22. The SMILES string of the molecule is COC(=O)C(NC(=O)OCc1ccccc1)[C@H]1CC[C@@H]2CN21. The lowest BCUT2D eigenvalue weighted by molar-refractivity contribution is -0.144. The Kier molecular flexibility index (Phi) is 4.29. The predicted molar refractivity (Wildman–Crippen MR) is 79.1 cm³/mol. The van der Waals surface area contributed by atoms with E-state index in [0.29, 0.717) is 6.04 Å². The first-order chi connectivity index (χ1) is 10.7. The number of hydrogen-bond donors (Lipinski definition) is 1. The zero-order valence-electron chi connectivity index (χ0n) is 12.5. The summed E-state index contributed by atoms with van der Waals surface area (Å²) in [4.78, 5) is 26.1. The van der Waals surface area contributed by atoms with Crippen LogP contribution in [0.25, 0.3) is 0 Å². The van der Waals surface area contributed by atoms with Crippen molar-refractivity contribution in [2.24, 2.45) is 0 Å². The molecule has 0 aromatic heterocycles. The molecule has 2 heterocycles. The molecule has 6 heteroatoms. The summed E-state index contributed by atoms with van der Waals surface area (Å²) in [6.45, 7) is 1.18. The molecular formula is C16H20N2O4. The maximum absolute atomic E-state index is 12.0. The monoisotopic (exact) mass is 304 g/mol. The van der Waals surface area contributed by atoms with Crippen molar-refractivity contribution in [2.45, 2.75) is 37.6 Å². The molecule has 0 spiro atoms. The number of carbonyl (C=O) groups is 2. The first-order valence-electron chi connectivity index (χ1n) is 7.50. The highest BCUT2D eigenvalue weighted by atomic mass is 16.6. The van der Waals surface area contributed by atoms with Gasteiger partial charge in [-0.2, -0.15) is 0 Å². The smallest absolute Gasteiger partial charge is 0.408 e. The number of alkyl carbamates (subject to hydrolysis) is 1. The van der Waals surface area contributed by atoms with Gasteiger partial charge in [0.25, 0.3) is 0 Å². The van der Waals surface area contributed by atoms with E-state index < -0.39 is 18.1 Å². The molecule has 0 saturated carbocycles. The number of methoxy groups -OCH3 is 1. The molecule has 2 aliphatic heterocycles. The third-order valence-corrected chi connectivity index (χ3v) is 4.30. The Bertz CT molecular complexity index is 548. The number of fused-ring (bicyclic) bond motifs is 1. The van der Waals surface area contributed by atoms with Crippen molar-refractivity contribution >= 4 is 12.1 Å². The van der Waals surface area contributed by atoms with E-state index in [2.05, 4.69) is 10.2 Å². The molecule has 0 aliphatic carbocycles. The quantitative estimate of drug-likeness (QED) is 0.656. The topological polar surface area (TPSA) is 67.6 Å². The van der Waals surface area contributed by atoms with Gasteiger partial charge in [0, 0.05) is 18.6 Å². The molecule has 118 valence electrons. The van der Waals surface area contributed by atoms with Gasteiger partial charge in [-0.1, -0.05) is 30.3 Å². The van der Waals surface area contributed by atoms with Crippen molar-refractivity contribution in [3.05, 3.63) is 35.9 Å². The van der Waals surface area contributed by atoms with Gasteiger partial charge in [0.2, 0.25) is 0 Å². The van der Waals surface area contributed by atoms with Crippen molar-refractivity contribution in [2.75, 3.05) is 13.7 Å². The van der Waals surface area contributed by atoms with Crippen molar-refractivity contribution in [1.82, 2.24) is 10.2 Å². The van der Waals surface area contributed by atoms with E-state index in [1.54, 1.807) is 0 Å². The van der Waals surface area contributed by atoms with Gasteiger partial charge in [-0.05, 0) is 18.4 Å². The summed E-state index contributed by atoms with van der Waals surface area (Å²) in [7, 11) is 1.33. The lowest BCUT2D eigenvalue weighted by Gasteiger charge is -2.24. The zero-order chi connectivity index (χ0) is 15.5. The number of carbonyl (C=O) groups excluding carboxylic acids is 2. The third-order valence-electron chi connectivity index (χ3n) is 4.30. The van der Waals surface area contributed by atoms with Crippen molar-refractivity contribution in [3.8, 4) is 0 Å². The van der Waals surface area contributed by atoms with Crippen molar-refractivity contribution in [3.63, 3.8) is 0 Å². The molecule has 0 radical (unpaired) electrons. The Morgan fingerprint density at radius 1 is 1.32 bits per heavy atom. The summed E-state index contributed by atoms with van der Waals surface area (Å²) in [6, 6.07) is 9.34. The van der Waals surface area contributed by atoms with Crippen molar-refractivity contribution in [1.29, 1.82) is 0 Å². The molecule has 4 atom stereocenters. The van der Waals surface area contributed by atoms with Gasteiger partial charge in [-0.3, -0.25) is 4.90 Å². The fraction of sp³-hybridized carbons (Fsp3) is 0.500. The average Bonchev–Trinajstić information content (AvgIpc) is 3.22. The number of benzene rings is 1. The number of ether oxygens (including phenoxy) is 2. The number of esters is 1. The molecule has 2 saturated heterocycles. The van der Waals surface area contributed by atoms with Crippen molar-refractivity contribution < 1.29 is 19.1 Å². The van der Waals surface area contributed by atoms with Crippen LogP contribution in [0, 0.1) is 0 Å². The molecule has 22 heavy (non-hydrogen) atoms. The molecule has 1 amide bonds. The number of nitrogens with zero attached hydrogens (tertiary/aromatic N) is 1. The van der Waals surface area contributed by atoms with E-state index in [9.17, 15) is 9.59 Å². The van der Waals surface area contributed by atoms with Gasteiger partial charge in [-0.15, -0.1) is 0 Å². The fourth-order valence-corrected chi connectivity index (χ4v) is 3.08. The van der Waals surface area contributed by atoms with Gasteiger partial charge in [0.05, 0.1) is 7.11 Å². The minimum Gasteiger partial charge on any atom is -0.467 e. The van der Waals surface area contributed by atoms with Crippen LogP contribution in [0.5, 0.6) is 0 Å². The van der Waals surface area contributed by atoms with Crippen LogP contribution in [0.4, 0.5) is 4.79 Å². The first kappa shape index (κ1) is 14.8. The Labute approximate surface area is 129 Å². The van der Waals surface area contributed by atoms with Gasteiger partial charge in [0.15, 0.2) is 0 Å². The number of amides is 1. The Morgan fingerprint density at radius 2 is 2.09 bits per heavy atom. The largest absolute Gasteiger partial charge is 0.467 e. The molecule has 1 N–H and O–H groups in total. The fourth-order valence-electron chi connectivity index (χ4n) is 3.08. The first-order valence-corrected chi connectivity index (χ1v) is 7.50. The minimum absolute atomic E-state index is 0.0155. The Hall–Kier alpha value is -2.08. The van der Waals surface area contributed by atoms with E-state index >= 15 is 0 Å². The van der Waals surface area contributed by atoms with E-state index in [1.165, 1.54) is 7.11 Å². The molecule has 0 bridgehead atoms. The number of rotatable bonds is 5.